The first-order valence-corrected chi connectivity index (χ1v) is 6.89. The highest BCUT2D eigenvalue weighted by molar-refractivity contribution is 7.13. The Morgan fingerprint density at radius 2 is 2.11 bits per heavy atom. The standard InChI is InChI=1S/C13H19NO4S/c1-8(2)6-10(13(17)18-3)14-7-9-4-5-11(19-9)12(15)16/h4-5,8,10,14H,6-7H2,1-3H3,(H,15,16). The molecule has 0 saturated heterocycles. The number of esters is 1. The Bertz CT molecular complexity index is 442. The van der Waals surface area contributed by atoms with Crippen molar-refractivity contribution in [2.75, 3.05) is 7.11 Å². The van der Waals surface area contributed by atoms with Gasteiger partial charge in [-0.25, -0.2) is 4.79 Å². The van der Waals surface area contributed by atoms with Crippen LogP contribution in [0.4, 0.5) is 0 Å². The number of rotatable bonds is 7. The molecule has 1 heterocycles. The minimum absolute atomic E-state index is 0.288. The highest BCUT2D eigenvalue weighted by atomic mass is 32.1. The molecule has 1 rings (SSSR count). The number of aromatic carboxylic acids is 1. The summed E-state index contributed by atoms with van der Waals surface area (Å²) in [5, 5.41) is 11.9. The number of carbonyl (C=O) groups excluding carboxylic acids is 1. The zero-order valence-corrected chi connectivity index (χ0v) is 12.1. The number of carboxylic acid groups (broad SMARTS) is 1. The third-order valence-electron chi connectivity index (χ3n) is 2.59. The fourth-order valence-electron chi connectivity index (χ4n) is 1.69. The lowest BCUT2D eigenvalue weighted by Gasteiger charge is -2.17. The Labute approximate surface area is 116 Å². The predicted octanol–water partition coefficient (Wildman–Crippen LogP) is 2.12. The molecule has 1 aromatic heterocycles. The summed E-state index contributed by atoms with van der Waals surface area (Å²) in [5.41, 5.74) is 0. The summed E-state index contributed by atoms with van der Waals surface area (Å²) in [6.45, 7) is 4.53. The van der Waals surface area contributed by atoms with E-state index in [1.165, 1.54) is 18.4 Å². The Morgan fingerprint density at radius 1 is 1.42 bits per heavy atom. The second-order valence-electron chi connectivity index (χ2n) is 4.66. The Hall–Kier alpha value is -1.40. The fourth-order valence-corrected chi connectivity index (χ4v) is 2.49. The maximum atomic E-state index is 11.6. The molecule has 0 aliphatic carbocycles. The lowest BCUT2D eigenvalue weighted by atomic mass is 10.0. The van der Waals surface area contributed by atoms with E-state index in [1.807, 2.05) is 13.8 Å². The average molecular weight is 285 g/mol. The molecule has 19 heavy (non-hydrogen) atoms. The number of hydrogen-bond acceptors (Lipinski definition) is 5. The van der Waals surface area contributed by atoms with Gasteiger partial charge in [0.1, 0.15) is 10.9 Å². The van der Waals surface area contributed by atoms with Crippen molar-refractivity contribution in [2.45, 2.75) is 32.9 Å². The van der Waals surface area contributed by atoms with Gasteiger partial charge in [-0.15, -0.1) is 11.3 Å². The SMILES string of the molecule is COC(=O)C(CC(C)C)NCc1ccc(C(=O)O)s1. The average Bonchev–Trinajstić information content (AvgIpc) is 2.82. The summed E-state index contributed by atoms with van der Waals surface area (Å²) < 4.78 is 4.75. The molecule has 2 N–H and O–H groups in total. The van der Waals surface area contributed by atoms with Crippen molar-refractivity contribution >= 4 is 23.3 Å². The van der Waals surface area contributed by atoms with Gasteiger partial charge in [-0.1, -0.05) is 13.8 Å². The summed E-state index contributed by atoms with van der Waals surface area (Å²) in [4.78, 5) is 23.6. The Kier molecular flexibility index (Phi) is 5.98. The van der Waals surface area contributed by atoms with Crippen LogP contribution < -0.4 is 5.32 Å². The first-order valence-electron chi connectivity index (χ1n) is 6.07. The molecular formula is C13H19NO4S. The molecule has 0 bridgehead atoms. The first-order chi connectivity index (χ1) is 8.93. The van der Waals surface area contributed by atoms with Crippen molar-refractivity contribution in [3.05, 3.63) is 21.9 Å². The van der Waals surface area contributed by atoms with Gasteiger partial charge in [0.05, 0.1) is 7.11 Å². The van der Waals surface area contributed by atoms with Gasteiger partial charge in [-0.05, 0) is 24.5 Å². The van der Waals surface area contributed by atoms with Crippen LogP contribution in [0.1, 0.15) is 34.8 Å². The molecule has 6 heteroatoms. The molecule has 1 unspecified atom stereocenters. The van der Waals surface area contributed by atoms with Crippen LogP contribution in [0, 0.1) is 5.92 Å². The van der Waals surface area contributed by atoms with Gasteiger partial charge in [0.15, 0.2) is 0 Å². The van der Waals surface area contributed by atoms with Crippen LogP contribution in [0.5, 0.6) is 0 Å². The van der Waals surface area contributed by atoms with Crippen molar-refractivity contribution in [3.8, 4) is 0 Å². The normalized spacial score (nSPS) is 12.4. The van der Waals surface area contributed by atoms with Gasteiger partial charge in [0, 0.05) is 11.4 Å². The van der Waals surface area contributed by atoms with E-state index in [9.17, 15) is 9.59 Å². The lowest BCUT2D eigenvalue weighted by Crippen LogP contribution is -2.38. The topological polar surface area (TPSA) is 75.6 Å². The molecule has 0 spiro atoms. The summed E-state index contributed by atoms with van der Waals surface area (Å²) >= 11 is 1.21. The molecule has 0 aromatic carbocycles. The zero-order valence-electron chi connectivity index (χ0n) is 11.3. The molecule has 1 atom stereocenters. The molecule has 0 fully saturated rings. The molecule has 0 radical (unpaired) electrons. The minimum Gasteiger partial charge on any atom is -0.477 e. The number of ether oxygens (including phenoxy) is 1. The second kappa shape index (κ2) is 7.25. The molecule has 0 amide bonds. The molecule has 0 saturated carbocycles. The van der Waals surface area contributed by atoms with E-state index in [0.717, 1.165) is 4.88 Å². The van der Waals surface area contributed by atoms with Crippen LogP contribution in [-0.4, -0.2) is 30.2 Å². The molecular weight excluding hydrogens is 266 g/mol. The highest BCUT2D eigenvalue weighted by Gasteiger charge is 2.20. The molecule has 0 aliphatic heterocycles. The molecule has 1 aromatic rings. The summed E-state index contributed by atoms with van der Waals surface area (Å²) in [5.74, 6) is -0.846. The van der Waals surface area contributed by atoms with Gasteiger partial charge in [0.25, 0.3) is 0 Å². The minimum atomic E-state index is -0.928. The number of thiophene rings is 1. The van der Waals surface area contributed by atoms with Gasteiger partial charge in [-0.3, -0.25) is 10.1 Å². The number of hydrogen-bond donors (Lipinski definition) is 2. The van der Waals surface area contributed by atoms with E-state index < -0.39 is 5.97 Å². The fraction of sp³-hybridized carbons (Fsp3) is 0.538. The van der Waals surface area contributed by atoms with E-state index >= 15 is 0 Å². The smallest absolute Gasteiger partial charge is 0.345 e. The number of methoxy groups -OCH3 is 1. The van der Waals surface area contributed by atoms with Gasteiger partial charge < -0.3 is 9.84 Å². The van der Waals surface area contributed by atoms with E-state index in [2.05, 4.69) is 5.32 Å². The van der Waals surface area contributed by atoms with Crippen molar-refractivity contribution in [3.63, 3.8) is 0 Å². The Morgan fingerprint density at radius 3 is 2.58 bits per heavy atom. The zero-order chi connectivity index (χ0) is 14.4. The highest BCUT2D eigenvalue weighted by Crippen LogP contribution is 2.17. The molecule has 106 valence electrons. The third-order valence-corrected chi connectivity index (χ3v) is 3.66. The summed E-state index contributed by atoms with van der Waals surface area (Å²) in [7, 11) is 1.37. The van der Waals surface area contributed by atoms with Crippen LogP contribution in [0.25, 0.3) is 0 Å². The van der Waals surface area contributed by atoms with Crippen LogP contribution in [0.15, 0.2) is 12.1 Å². The van der Waals surface area contributed by atoms with Crippen molar-refractivity contribution in [2.24, 2.45) is 5.92 Å². The lowest BCUT2D eigenvalue weighted by molar-refractivity contribution is -0.143. The van der Waals surface area contributed by atoms with Crippen LogP contribution in [0.2, 0.25) is 0 Å². The predicted molar refractivity (Wildman–Crippen MR) is 73.4 cm³/mol. The van der Waals surface area contributed by atoms with Gasteiger partial charge in [0.2, 0.25) is 0 Å². The second-order valence-corrected chi connectivity index (χ2v) is 5.83. The number of nitrogens with one attached hydrogen (secondary N) is 1. The van der Waals surface area contributed by atoms with Crippen molar-refractivity contribution in [1.82, 2.24) is 5.32 Å². The van der Waals surface area contributed by atoms with Crippen LogP contribution >= 0.6 is 11.3 Å². The quantitative estimate of drug-likeness (QED) is 0.751. The van der Waals surface area contributed by atoms with Crippen LogP contribution in [-0.2, 0) is 16.1 Å². The summed E-state index contributed by atoms with van der Waals surface area (Å²) in [6, 6.07) is 2.96. The third kappa shape index (κ3) is 5.00. The maximum Gasteiger partial charge on any atom is 0.345 e. The Balaban J connectivity index is 2.59. The van der Waals surface area contributed by atoms with E-state index in [-0.39, 0.29) is 12.0 Å². The monoisotopic (exact) mass is 285 g/mol. The van der Waals surface area contributed by atoms with Gasteiger partial charge >= 0.3 is 11.9 Å². The van der Waals surface area contributed by atoms with Crippen molar-refractivity contribution < 1.29 is 19.4 Å². The maximum absolute atomic E-state index is 11.6. The van der Waals surface area contributed by atoms with Crippen molar-refractivity contribution in [1.29, 1.82) is 0 Å². The molecule has 0 aliphatic rings. The number of carboxylic acids is 1. The van der Waals surface area contributed by atoms with Gasteiger partial charge in [-0.2, -0.15) is 0 Å². The van der Waals surface area contributed by atoms with E-state index in [0.29, 0.717) is 23.8 Å². The van der Waals surface area contributed by atoms with Crippen LogP contribution in [0.3, 0.4) is 0 Å². The van der Waals surface area contributed by atoms with E-state index in [1.54, 1.807) is 12.1 Å². The largest absolute Gasteiger partial charge is 0.477 e. The number of carbonyl (C=O) groups is 2. The summed E-state index contributed by atoms with van der Waals surface area (Å²) in [6.07, 6.45) is 0.684. The molecule has 5 nitrogen and oxygen atoms in total. The van der Waals surface area contributed by atoms with E-state index in [4.69, 9.17) is 9.84 Å². The first kappa shape index (κ1) is 15.7.